The molecule has 2 aromatic carbocycles. The van der Waals surface area contributed by atoms with Gasteiger partial charge < -0.3 is 0 Å². The third-order valence-corrected chi connectivity index (χ3v) is 4.48. The van der Waals surface area contributed by atoms with Crippen LogP contribution in [0.4, 0.5) is 0 Å². The molecule has 0 saturated carbocycles. The topological polar surface area (TPSA) is 58.2 Å². The molecule has 0 bridgehead atoms. The highest BCUT2D eigenvalue weighted by Gasteiger charge is 2.15. The van der Waals surface area contributed by atoms with Gasteiger partial charge in [0.05, 0.1) is 5.25 Å². The predicted molar refractivity (Wildman–Crippen MR) is 93.8 cm³/mol. The molecule has 7 heteroatoms. The van der Waals surface area contributed by atoms with E-state index in [0.717, 1.165) is 4.90 Å². The standard InChI is InChI=1S/C16H14Cl2N2O2S/c1-10(23-14-7-5-12(17)6-8-14)15(21)19-20-16(22)11-3-2-4-13(18)9-11/h2-10H,1H3,(H,19,21)(H,20,22)/t10-/m1/s1. The van der Waals surface area contributed by atoms with Crippen LogP contribution in [0.1, 0.15) is 17.3 Å². The number of hydrazine groups is 1. The van der Waals surface area contributed by atoms with Crippen molar-refractivity contribution in [2.45, 2.75) is 17.1 Å². The van der Waals surface area contributed by atoms with Gasteiger partial charge >= 0.3 is 0 Å². The molecule has 23 heavy (non-hydrogen) atoms. The first-order valence-electron chi connectivity index (χ1n) is 6.73. The fourth-order valence-electron chi connectivity index (χ4n) is 1.69. The summed E-state index contributed by atoms with van der Waals surface area (Å²) in [5, 5.41) is 0.715. The molecule has 0 radical (unpaired) electrons. The second-order valence-electron chi connectivity index (χ2n) is 4.67. The lowest BCUT2D eigenvalue weighted by atomic mass is 10.2. The van der Waals surface area contributed by atoms with Crippen LogP contribution in [0.25, 0.3) is 0 Å². The van der Waals surface area contributed by atoms with Crippen molar-refractivity contribution >= 4 is 46.8 Å². The molecular weight excluding hydrogens is 355 g/mol. The SMILES string of the molecule is C[C@@H](Sc1ccc(Cl)cc1)C(=O)NNC(=O)c1cccc(Cl)c1. The van der Waals surface area contributed by atoms with E-state index in [1.54, 1.807) is 37.3 Å². The number of amides is 2. The molecule has 2 aromatic rings. The van der Waals surface area contributed by atoms with Gasteiger partial charge in [0.2, 0.25) is 0 Å². The molecule has 0 heterocycles. The number of nitrogens with one attached hydrogen (secondary N) is 2. The fraction of sp³-hybridized carbons (Fsp3) is 0.125. The van der Waals surface area contributed by atoms with E-state index in [9.17, 15) is 9.59 Å². The number of hydrogen-bond acceptors (Lipinski definition) is 3. The molecule has 2 amide bonds. The van der Waals surface area contributed by atoms with Gasteiger partial charge in [0.1, 0.15) is 0 Å². The maximum absolute atomic E-state index is 12.0. The Hall–Kier alpha value is -1.69. The Balaban J connectivity index is 1.86. The summed E-state index contributed by atoms with van der Waals surface area (Å²) in [5.41, 5.74) is 5.14. The molecule has 0 spiro atoms. The molecule has 4 nitrogen and oxygen atoms in total. The van der Waals surface area contributed by atoms with E-state index in [-0.39, 0.29) is 11.2 Å². The highest BCUT2D eigenvalue weighted by Crippen LogP contribution is 2.24. The minimum Gasteiger partial charge on any atom is -0.272 e. The van der Waals surface area contributed by atoms with Crippen molar-refractivity contribution in [1.82, 2.24) is 10.9 Å². The number of halogens is 2. The third-order valence-electron chi connectivity index (χ3n) is 2.88. The normalized spacial score (nSPS) is 11.6. The summed E-state index contributed by atoms with van der Waals surface area (Å²) in [6, 6.07) is 13.7. The maximum atomic E-state index is 12.0. The van der Waals surface area contributed by atoms with E-state index in [1.807, 2.05) is 12.1 Å². The van der Waals surface area contributed by atoms with E-state index in [2.05, 4.69) is 10.9 Å². The van der Waals surface area contributed by atoms with Gasteiger partial charge in [0, 0.05) is 20.5 Å². The molecule has 0 unspecified atom stereocenters. The lowest BCUT2D eigenvalue weighted by Crippen LogP contribution is -2.44. The van der Waals surface area contributed by atoms with Gasteiger partial charge in [0.25, 0.3) is 11.8 Å². The van der Waals surface area contributed by atoms with Crippen LogP contribution in [-0.4, -0.2) is 17.1 Å². The van der Waals surface area contributed by atoms with Crippen LogP contribution in [0, 0.1) is 0 Å². The van der Waals surface area contributed by atoms with Gasteiger partial charge in [-0.1, -0.05) is 29.3 Å². The molecule has 0 aliphatic heterocycles. The molecule has 1 atom stereocenters. The minimum absolute atomic E-state index is 0.305. The quantitative estimate of drug-likeness (QED) is 0.634. The lowest BCUT2D eigenvalue weighted by molar-refractivity contribution is -0.121. The van der Waals surface area contributed by atoms with Crippen LogP contribution in [-0.2, 0) is 4.79 Å². The first kappa shape index (κ1) is 17.7. The summed E-state index contributed by atoms with van der Waals surface area (Å²) < 4.78 is 0. The average Bonchev–Trinajstić information content (AvgIpc) is 2.54. The molecule has 0 fully saturated rings. The minimum atomic E-state index is -0.426. The van der Waals surface area contributed by atoms with E-state index >= 15 is 0 Å². The predicted octanol–water partition coefficient (Wildman–Crippen LogP) is 3.94. The monoisotopic (exact) mass is 368 g/mol. The first-order chi connectivity index (χ1) is 11.0. The van der Waals surface area contributed by atoms with Crippen LogP contribution in [0.5, 0.6) is 0 Å². The highest BCUT2D eigenvalue weighted by molar-refractivity contribution is 8.00. The molecule has 2 rings (SSSR count). The molecule has 0 aliphatic carbocycles. The second-order valence-corrected chi connectivity index (χ2v) is 6.95. The van der Waals surface area contributed by atoms with Crippen LogP contribution < -0.4 is 10.9 Å². The van der Waals surface area contributed by atoms with Crippen molar-refractivity contribution in [3.63, 3.8) is 0 Å². The maximum Gasteiger partial charge on any atom is 0.269 e. The van der Waals surface area contributed by atoms with Gasteiger partial charge in [-0.2, -0.15) is 0 Å². The van der Waals surface area contributed by atoms with Crippen LogP contribution in [0.3, 0.4) is 0 Å². The zero-order chi connectivity index (χ0) is 16.8. The number of carbonyl (C=O) groups excluding carboxylic acids is 2. The molecule has 2 N–H and O–H groups in total. The molecule has 120 valence electrons. The number of carbonyl (C=O) groups is 2. The summed E-state index contributed by atoms with van der Waals surface area (Å²) in [6.45, 7) is 1.75. The zero-order valence-electron chi connectivity index (χ0n) is 12.2. The smallest absolute Gasteiger partial charge is 0.269 e. The fourth-order valence-corrected chi connectivity index (χ4v) is 2.88. The van der Waals surface area contributed by atoms with Crippen molar-refractivity contribution in [3.05, 3.63) is 64.1 Å². The molecular formula is C16H14Cl2N2O2S. The van der Waals surface area contributed by atoms with Crippen LogP contribution in [0.2, 0.25) is 10.0 Å². The number of hydrogen-bond donors (Lipinski definition) is 2. The van der Waals surface area contributed by atoms with Gasteiger partial charge in [-0.25, -0.2) is 0 Å². The molecule has 0 aromatic heterocycles. The Labute approximate surface area is 148 Å². The zero-order valence-corrected chi connectivity index (χ0v) is 14.5. The van der Waals surface area contributed by atoms with E-state index in [0.29, 0.717) is 15.6 Å². The Bertz CT molecular complexity index is 707. The lowest BCUT2D eigenvalue weighted by Gasteiger charge is -2.13. The van der Waals surface area contributed by atoms with Crippen molar-refractivity contribution < 1.29 is 9.59 Å². The number of rotatable bonds is 4. The van der Waals surface area contributed by atoms with Gasteiger partial charge in [0.15, 0.2) is 0 Å². The van der Waals surface area contributed by atoms with E-state index in [4.69, 9.17) is 23.2 Å². The van der Waals surface area contributed by atoms with E-state index < -0.39 is 5.91 Å². The third kappa shape index (κ3) is 5.46. The van der Waals surface area contributed by atoms with Gasteiger partial charge in [-0.05, 0) is 49.4 Å². The summed E-state index contributed by atoms with van der Waals surface area (Å²) in [7, 11) is 0. The summed E-state index contributed by atoms with van der Waals surface area (Å²) >= 11 is 13.0. The second kappa shape index (κ2) is 8.24. The Morgan fingerprint density at radius 1 is 1.00 bits per heavy atom. The van der Waals surface area contributed by atoms with Crippen molar-refractivity contribution in [2.75, 3.05) is 0 Å². The number of benzene rings is 2. The first-order valence-corrected chi connectivity index (χ1v) is 8.37. The van der Waals surface area contributed by atoms with Crippen molar-refractivity contribution in [1.29, 1.82) is 0 Å². The largest absolute Gasteiger partial charge is 0.272 e. The van der Waals surface area contributed by atoms with Gasteiger partial charge in [-0.15, -0.1) is 11.8 Å². The Morgan fingerprint density at radius 3 is 2.35 bits per heavy atom. The van der Waals surface area contributed by atoms with Gasteiger partial charge in [-0.3, -0.25) is 20.4 Å². The Kier molecular flexibility index (Phi) is 6.33. The highest BCUT2D eigenvalue weighted by atomic mass is 35.5. The van der Waals surface area contributed by atoms with Crippen LogP contribution in [0.15, 0.2) is 53.4 Å². The Morgan fingerprint density at radius 2 is 1.70 bits per heavy atom. The molecule has 0 aliphatic rings. The van der Waals surface area contributed by atoms with Crippen molar-refractivity contribution in [3.8, 4) is 0 Å². The average molecular weight is 369 g/mol. The summed E-state index contributed by atoms with van der Waals surface area (Å²) in [6.07, 6.45) is 0. The van der Waals surface area contributed by atoms with Crippen LogP contribution >= 0.6 is 35.0 Å². The summed E-state index contributed by atoms with van der Waals surface area (Å²) in [4.78, 5) is 24.8. The van der Waals surface area contributed by atoms with E-state index in [1.165, 1.54) is 17.8 Å². The van der Waals surface area contributed by atoms with Crippen molar-refractivity contribution in [2.24, 2.45) is 0 Å². The summed E-state index contributed by atoms with van der Waals surface area (Å²) in [5.74, 6) is -0.732. The molecule has 0 saturated heterocycles. The number of thioether (sulfide) groups is 1.